The SMILES string of the molecule is CCn1cc(NC(=O)c2cccc(COc3ccccc3Br)c2)c(C(=O)NCc2ccco2)n1. The molecule has 2 N–H and O–H groups in total. The Bertz CT molecular complexity index is 1280. The minimum atomic E-state index is -0.408. The molecule has 0 saturated heterocycles. The van der Waals surface area contributed by atoms with Crippen LogP contribution >= 0.6 is 15.9 Å². The summed E-state index contributed by atoms with van der Waals surface area (Å²) in [6, 6.07) is 18.2. The Morgan fingerprint density at radius 3 is 2.71 bits per heavy atom. The number of hydrogen-bond donors (Lipinski definition) is 2. The molecule has 4 aromatic rings. The quantitative estimate of drug-likeness (QED) is 0.321. The van der Waals surface area contributed by atoms with Gasteiger partial charge in [0.1, 0.15) is 18.1 Å². The smallest absolute Gasteiger partial charge is 0.274 e. The number of benzene rings is 2. The highest BCUT2D eigenvalue weighted by Gasteiger charge is 2.19. The minimum Gasteiger partial charge on any atom is -0.488 e. The van der Waals surface area contributed by atoms with E-state index in [1.165, 1.54) is 6.26 Å². The van der Waals surface area contributed by atoms with Gasteiger partial charge in [0.05, 0.1) is 23.0 Å². The molecule has 0 bridgehead atoms. The fourth-order valence-corrected chi connectivity index (χ4v) is 3.63. The van der Waals surface area contributed by atoms with Crippen LogP contribution in [0.1, 0.15) is 39.1 Å². The Labute approximate surface area is 205 Å². The van der Waals surface area contributed by atoms with E-state index in [4.69, 9.17) is 9.15 Å². The van der Waals surface area contributed by atoms with Crippen molar-refractivity contribution in [2.75, 3.05) is 5.32 Å². The van der Waals surface area contributed by atoms with E-state index in [9.17, 15) is 9.59 Å². The van der Waals surface area contributed by atoms with Crippen LogP contribution in [-0.4, -0.2) is 21.6 Å². The molecule has 2 aromatic carbocycles. The molecule has 0 aliphatic heterocycles. The second kappa shape index (κ2) is 10.8. The number of anilines is 1. The van der Waals surface area contributed by atoms with E-state index in [0.29, 0.717) is 30.2 Å². The molecule has 2 amide bonds. The summed E-state index contributed by atoms with van der Waals surface area (Å²) in [5.74, 6) is 0.581. The number of nitrogens with zero attached hydrogens (tertiary/aromatic N) is 2. The number of halogens is 1. The average Bonchev–Trinajstić information content (AvgIpc) is 3.52. The van der Waals surface area contributed by atoms with Crippen LogP contribution in [0.4, 0.5) is 5.69 Å². The summed E-state index contributed by atoms with van der Waals surface area (Å²) in [7, 11) is 0. The van der Waals surface area contributed by atoms with Crippen LogP contribution in [0.5, 0.6) is 5.75 Å². The topological polar surface area (TPSA) is 98.4 Å². The van der Waals surface area contributed by atoms with Gasteiger partial charge in [0.25, 0.3) is 11.8 Å². The number of furan rings is 1. The van der Waals surface area contributed by atoms with Gasteiger partial charge in [-0.15, -0.1) is 0 Å². The van der Waals surface area contributed by atoms with Gasteiger partial charge in [-0.1, -0.05) is 24.3 Å². The lowest BCUT2D eigenvalue weighted by atomic mass is 10.1. The summed E-state index contributed by atoms with van der Waals surface area (Å²) < 4.78 is 13.5. The monoisotopic (exact) mass is 522 g/mol. The van der Waals surface area contributed by atoms with Gasteiger partial charge in [0.2, 0.25) is 0 Å². The molecule has 0 fully saturated rings. The highest BCUT2D eigenvalue weighted by Crippen LogP contribution is 2.25. The first-order chi connectivity index (χ1) is 16.5. The summed E-state index contributed by atoms with van der Waals surface area (Å²) in [4.78, 5) is 25.7. The molecule has 2 heterocycles. The lowest BCUT2D eigenvalue weighted by Crippen LogP contribution is -2.25. The summed E-state index contributed by atoms with van der Waals surface area (Å²) in [6.07, 6.45) is 3.18. The van der Waals surface area contributed by atoms with Gasteiger partial charge in [0, 0.05) is 18.3 Å². The van der Waals surface area contributed by atoms with Crippen molar-refractivity contribution >= 4 is 33.4 Å². The number of ether oxygens (including phenoxy) is 1. The number of hydrogen-bond acceptors (Lipinski definition) is 5. The summed E-state index contributed by atoms with van der Waals surface area (Å²) in [6.45, 7) is 2.98. The fourth-order valence-electron chi connectivity index (χ4n) is 3.23. The molecule has 9 heteroatoms. The van der Waals surface area contributed by atoms with Gasteiger partial charge < -0.3 is 19.8 Å². The standard InChI is InChI=1S/C25H23BrN4O4/c1-2-30-15-21(23(29-30)25(32)27-14-19-9-6-12-33-19)28-24(31)18-8-5-7-17(13-18)16-34-22-11-4-3-10-20(22)26/h3-13,15H,2,14,16H2,1H3,(H,27,32)(H,28,31). The van der Waals surface area contributed by atoms with Crippen molar-refractivity contribution in [2.45, 2.75) is 26.6 Å². The Morgan fingerprint density at radius 2 is 1.94 bits per heavy atom. The van der Waals surface area contributed by atoms with Crippen LogP contribution in [0.3, 0.4) is 0 Å². The second-order valence-electron chi connectivity index (χ2n) is 7.38. The minimum absolute atomic E-state index is 0.134. The first kappa shape index (κ1) is 23.3. The predicted octanol–water partition coefficient (Wildman–Crippen LogP) is 5.02. The fraction of sp³-hybridized carbons (Fsp3) is 0.160. The Morgan fingerprint density at radius 1 is 1.09 bits per heavy atom. The number of para-hydroxylation sites is 1. The van der Waals surface area contributed by atoms with E-state index >= 15 is 0 Å². The van der Waals surface area contributed by atoms with E-state index in [-0.39, 0.29) is 18.1 Å². The summed E-state index contributed by atoms with van der Waals surface area (Å²) >= 11 is 3.46. The van der Waals surface area contributed by atoms with Gasteiger partial charge in [-0.05, 0) is 64.8 Å². The van der Waals surface area contributed by atoms with Gasteiger partial charge in [0.15, 0.2) is 5.69 Å². The Balaban J connectivity index is 1.45. The van der Waals surface area contributed by atoms with Crippen molar-refractivity contribution in [3.8, 4) is 5.75 Å². The Hall–Kier alpha value is -3.85. The van der Waals surface area contributed by atoms with Crippen LogP contribution in [0.15, 0.2) is 82.0 Å². The van der Waals surface area contributed by atoms with Crippen LogP contribution in [0.25, 0.3) is 0 Å². The number of aromatic nitrogens is 2. The largest absolute Gasteiger partial charge is 0.488 e. The van der Waals surface area contributed by atoms with E-state index in [1.54, 1.807) is 41.2 Å². The average molecular weight is 523 g/mol. The number of carbonyl (C=O) groups excluding carboxylic acids is 2. The highest BCUT2D eigenvalue weighted by molar-refractivity contribution is 9.10. The third-order valence-corrected chi connectivity index (χ3v) is 5.63. The van der Waals surface area contributed by atoms with Crippen molar-refractivity contribution < 1.29 is 18.7 Å². The number of aryl methyl sites for hydroxylation is 1. The third kappa shape index (κ3) is 5.74. The zero-order chi connectivity index (χ0) is 23.9. The lowest BCUT2D eigenvalue weighted by molar-refractivity contribution is 0.0943. The zero-order valence-electron chi connectivity index (χ0n) is 18.5. The molecule has 2 aromatic heterocycles. The van der Waals surface area contributed by atoms with Crippen LogP contribution in [0, 0.1) is 0 Å². The van der Waals surface area contributed by atoms with Crippen LogP contribution < -0.4 is 15.4 Å². The van der Waals surface area contributed by atoms with E-state index in [2.05, 4.69) is 31.7 Å². The van der Waals surface area contributed by atoms with Crippen LogP contribution in [-0.2, 0) is 19.7 Å². The maximum Gasteiger partial charge on any atom is 0.274 e. The van der Waals surface area contributed by atoms with E-state index < -0.39 is 5.91 Å². The number of amides is 2. The summed E-state index contributed by atoms with van der Waals surface area (Å²) in [5.41, 5.74) is 1.75. The molecule has 0 atom stereocenters. The van der Waals surface area contributed by atoms with E-state index in [0.717, 1.165) is 15.8 Å². The zero-order valence-corrected chi connectivity index (χ0v) is 20.0. The molecular weight excluding hydrogens is 500 g/mol. The number of nitrogens with one attached hydrogen (secondary N) is 2. The first-order valence-corrected chi connectivity index (χ1v) is 11.5. The number of carbonyl (C=O) groups is 2. The molecule has 4 rings (SSSR count). The van der Waals surface area contributed by atoms with Crippen molar-refractivity contribution in [3.63, 3.8) is 0 Å². The van der Waals surface area contributed by atoms with Crippen molar-refractivity contribution in [3.05, 3.63) is 100 Å². The summed E-state index contributed by atoms with van der Waals surface area (Å²) in [5, 5.41) is 9.87. The third-order valence-electron chi connectivity index (χ3n) is 4.97. The van der Waals surface area contributed by atoms with Crippen molar-refractivity contribution in [1.82, 2.24) is 15.1 Å². The van der Waals surface area contributed by atoms with Crippen molar-refractivity contribution in [2.24, 2.45) is 0 Å². The first-order valence-electron chi connectivity index (χ1n) is 10.7. The van der Waals surface area contributed by atoms with Gasteiger partial charge in [-0.3, -0.25) is 14.3 Å². The molecule has 0 saturated carbocycles. The van der Waals surface area contributed by atoms with Crippen LogP contribution in [0.2, 0.25) is 0 Å². The Kier molecular flexibility index (Phi) is 7.44. The number of rotatable bonds is 9. The molecule has 0 aliphatic rings. The second-order valence-corrected chi connectivity index (χ2v) is 8.24. The van der Waals surface area contributed by atoms with E-state index in [1.807, 2.05) is 37.3 Å². The molecule has 34 heavy (non-hydrogen) atoms. The molecule has 0 spiro atoms. The van der Waals surface area contributed by atoms with Crippen molar-refractivity contribution in [1.29, 1.82) is 0 Å². The molecule has 0 radical (unpaired) electrons. The maximum atomic E-state index is 13.0. The normalized spacial score (nSPS) is 10.6. The lowest BCUT2D eigenvalue weighted by Gasteiger charge is -2.10. The molecular formula is C25H23BrN4O4. The van der Waals surface area contributed by atoms with Gasteiger partial charge in [-0.2, -0.15) is 5.10 Å². The molecule has 0 aliphatic carbocycles. The maximum absolute atomic E-state index is 13.0. The molecule has 8 nitrogen and oxygen atoms in total. The van der Waals surface area contributed by atoms with Gasteiger partial charge >= 0.3 is 0 Å². The highest BCUT2D eigenvalue weighted by atomic mass is 79.9. The molecule has 0 unspecified atom stereocenters. The predicted molar refractivity (Wildman–Crippen MR) is 131 cm³/mol. The molecule has 174 valence electrons. The van der Waals surface area contributed by atoms with Gasteiger partial charge in [-0.25, -0.2) is 0 Å².